The lowest BCUT2D eigenvalue weighted by Gasteiger charge is -2.25. The lowest BCUT2D eigenvalue weighted by atomic mass is 9.89. The molecule has 2 N–H and O–H groups in total. The van der Waals surface area contributed by atoms with E-state index in [0.29, 0.717) is 10.4 Å². The van der Waals surface area contributed by atoms with E-state index in [1.54, 1.807) is 41.8 Å². The van der Waals surface area contributed by atoms with Gasteiger partial charge in [-0.25, -0.2) is 0 Å². The standard InChI is InChI=1S/C23H18N2O3S/c1-14(15-8-3-2-4-9-15)24-19-20(25-23(28)18-12-7-13-29-18)22(27)17-11-6-5-10-16(17)21(19)26/h2-14,24H,1H3,(H,25,28)/t14-/m1/s1. The zero-order valence-corrected chi connectivity index (χ0v) is 16.5. The van der Waals surface area contributed by atoms with E-state index in [4.69, 9.17) is 0 Å². The van der Waals surface area contributed by atoms with Crippen molar-refractivity contribution in [2.75, 3.05) is 0 Å². The lowest BCUT2D eigenvalue weighted by Crippen LogP contribution is -2.38. The van der Waals surface area contributed by atoms with Gasteiger partial charge >= 0.3 is 0 Å². The normalized spacial score (nSPS) is 14.4. The highest BCUT2D eigenvalue weighted by Crippen LogP contribution is 2.26. The van der Waals surface area contributed by atoms with Crippen molar-refractivity contribution < 1.29 is 14.4 Å². The first-order valence-corrected chi connectivity index (χ1v) is 10.0. The van der Waals surface area contributed by atoms with Gasteiger partial charge in [-0.05, 0) is 23.9 Å². The molecule has 0 radical (unpaired) electrons. The molecule has 1 aromatic heterocycles. The quantitative estimate of drug-likeness (QED) is 0.673. The Hall–Kier alpha value is -3.51. The fraction of sp³-hybridized carbons (Fsp3) is 0.0870. The van der Waals surface area contributed by atoms with Gasteiger partial charge in [0.1, 0.15) is 11.4 Å². The zero-order valence-electron chi connectivity index (χ0n) is 15.6. The van der Waals surface area contributed by atoms with Crippen LogP contribution in [0.3, 0.4) is 0 Å². The van der Waals surface area contributed by atoms with Crippen molar-refractivity contribution in [2.24, 2.45) is 0 Å². The molecule has 1 atom stereocenters. The molecule has 0 aliphatic heterocycles. The summed E-state index contributed by atoms with van der Waals surface area (Å²) in [4.78, 5) is 39.4. The summed E-state index contributed by atoms with van der Waals surface area (Å²) >= 11 is 1.27. The molecule has 1 aliphatic carbocycles. The van der Waals surface area contributed by atoms with E-state index >= 15 is 0 Å². The molecule has 2 aromatic carbocycles. The third-order valence-electron chi connectivity index (χ3n) is 4.76. The Bertz CT molecular complexity index is 1120. The summed E-state index contributed by atoms with van der Waals surface area (Å²) in [5.41, 5.74) is 1.67. The minimum atomic E-state index is -0.415. The second-order valence-electron chi connectivity index (χ2n) is 6.66. The van der Waals surface area contributed by atoms with Crippen LogP contribution in [0.4, 0.5) is 0 Å². The van der Waals surface area contributed by atoms with Gasteiger partial charge in [0.2, 0.25) is 11.6 Å². The number of allylic oxidation sites excluding steroid dienone is 2. The predicted molar refractivity (Wildman–Crippen MR) is 112 cm³/mol. The van der Waals surface area contributed by atoms with E-state index < -0.39 is 5.91 Å². The minimum Gasteiger partial charge on any atom is -0.374 e. The molecule has 6 heteroatoms. The SMILES string of the molecule is C[C@@H](NC1=C(NC(=O)c2cccs2)C(=O)c2ccccc2C1=O)c1ccccc1. The van der Waals surface area contributed by atoms with E-state index in [1.165, 1.54) is 11.3 Å². The smallest absolute Gasteiger partial charge is 0.265 e. The van der Waals surface area contributed by atoms with Crippen molar-refractivity contribution in [1.82, 2.24) is 10.6 Å². The van der Waals surface area contributed by atoms with Crippen LogP contribution < -0.4 is 10.6 Å². The van der Waals surface area contributed by atoms with Crippen molar-refractivity contribution in [3.63, 3.8) is 0 Å². The number of thiophene rings is 1. The van der Waals surface area contributed by atoms with Gasteiger partial charge in [0, 0.05) is 17.2 Å². The Morgan fingerprint density at radius 3 is 2.07 bits per heavy atom. The van der Waals surface area contributed by atoms with E-state index in [-0.39, 0.29) is 34.6 Å². The van der Waals surface area contributed by atoms with Crippen LogP contribution >= 0.6 is 11.3 Å². The number of ketones is 2. The lowest BCUT2D eigenvalue weighted by molar-refractivity contribution is 0.0918. The molecule has 0 fully saturated rings. The summed E-state index contributed by atoms with van der Waals surface area (Å²) in [7, 11) is 0. The van der Waals surface area contributed by atoms with Crippen molar-refractivity contribution in [3.8, 4) is 0 Å². The molecule has 1 aliphatic rings. The van der Waals surface area contributed by atoms with Crippen molar-refractivity contribution in [3.05, 3.63) is 105 Å². The maximum absolute atomic E-state index is 13.2. The Morgan fingerprint density at radius 1 is 0.828 bits per heavy atom. The topological polar surface area (TPSA) is 75.3 Å². The van der Waals surface area contributed by atoms with Gasteiger partial charge < -0.3 is 10.6 Å². The van der Waals surface area contributed by atoms with Gasteiger partial charge in [-0.15, -0.1) is 11.3 Å². The number of Topliss-reactive ketones (excluding diaryl/α,β-unsaturated/α-hetero) is 2. The van der Waals surface area contributed by atoms with Crippen molar-refractivity contribution >= 4 is 28.8 Å². The van der Waals surface area contributed by atoms with Crippen LogP contribution in [0.1, 0.15) is 48.9 Å². The van der Waals surface area contributed by atoms with Crippen LogP contribution in [0.5, 0.6) is 0 Å². The summed E-state index contributed by atoms with van der Waals surface area (Å²) in [5, 5.41) is 7.60. The van der Waals surface area contributed by atoms with Crippen LogP contribution in [-0.2, 0) is 0 Å². The van der Waals surface area contributed by atoms with E-state index in [2.05, 4.69) is 10.6 Å². The second kappa shape index (κ2) is 7.85. The van der Waals surface area contributed by atoms with Crippen molar-refractivity contribution in [1.29, 1.82) is 0 Å². The number of hydrogen-bond donors (Lipinski definition) is 2. The molecule has 0 bridgehead atoms. The van der Waals surface area contributed by atoms with E-state index in [1.807, 2.05) is 37.3 Å². The van der Waals surface area contributed by atoms with Gasteiger partial charge in [-0.1, -0.05) is 60.7 Å². The molecule has 29 heavy (non-hydrogen) atoms. The first-order valence-electron chi connectivity index (χ1n) is 9.15. The minimum absolute atomic E-state index is 0.0186. The molecule has 0 spiro atoms. The Labute approximate surface area is 172 Å². The molecule has 3 aromatic rings. The van der Waals surface area contributed by atoms with Gasteiger partial charge in [-0.2, -0.15) is 0 Å². The third-order valence-corrected chi connectivity index (χ3v) is 5.63. The highest BCUT2D eigenvalue weighted by Gasteiger charge is 2.34. The molecule has 0 unspecified atom stereocenters. The Balaban J connectivity index is 1.75. The molecular weight excluding hydrogens is 384 g/mol. The number of carbonyl (C=O) groups excluding carboxylic acids is 3. The van der Waals surface area contributed by atoms with E-state index in [9.17, 15) is 14.4 Å². The first-order chi connectivity index (χ1) is 14.1. The first kappa shape index (κ1) is 18.8. The fourth-order valence-corrected chi connectivity index (χ4v) is 3.88. The zero-order chi connectivity index (χ0) is 20.4. The van der Waals surface area contributed by atoms with Crippen LogP contribution in [0.15, 0.2) is 83.5 Å². The molecular formula is C23H18N2O3S. The number of fused-ring (bicyclic) bond motifs is 1. The number of amides is 1. The predicted octanol–water partition coefficient (Wildman–Crippen LogP) is 4.12. The molecule has 1 heterocycles. The number of carbonyl (C=O) groups is 3. The number of nitrogens with one attached hydrogen (secondary N) is 2. The number of rotatable bonds is 5. The average Bonchev–Trinajstić information content (AvgIpc) is 3.30. The van der Waals surface area contributed by atoms with Crippen LogP contribution in [0.25, 0.3) is 0 Å². The monoisotopic (exact) mass is 402 g/mol. The highest BCUT2D eigenvalue weighted by molar-refractivity contribution is 7.12. The highest BCUT2D eigenvalue weighted by atomic mass is 32.1. The van der Waals surface area contributed by atoms with E-state index in [0.717, 1.165) is 5.56 Å². The summed E-state index contributed by atoms with van der Waals surface area (Å²) in [5.74, 6) is -1.11. The van der Waals surface area contributed by atoms with Gasteiger partial charge in [0.25, 0.3) is 5.91 Å². The summed E-state index contributed by atoms with van der Waals surface area (Å²) in [6.07, 6.45) is 0. The van der Waals surface area contributed by atoms with Gasteiger partial charge in [0.15, 0.2) is 0 Å². The summed E-state index contributed by atoms with van der Waals surface area (Å²) in [6.45, 7) is 1.90. The molecule has 4 rings (SSSR count). The number of hydrogen-bond acceptors (Lipinski definition) is 5. The largest absolute Gasteiger partial charge is 0.374 e. The fourth-order valence-electron chi connectivity index (χ4n) is 3.26. The average molecular weight is 402 g/mol. The molecule has 144 valence electrons. The maximum atomic E-state index is 13.2. The third kappa shape index (κ3) is 3.62. The Kier molecular flexibility index (Phi) is 5.10. The van der Waals surface area contributed by atoms with Gasteiger partial charge in [-0.3, -0.25) is 14.4 Å². The second-order valence-corrected chi connectivity index (χ2v) is 7.61. The maximum Gasteiger partial charge on any atom is 0.265 e. The number of benzene rings is 2. The summed E-state index contributed by atoms with van der Waals surface area (Å²) in [6, 6.07) is 19.4. The molecule has 0 saturated heterocycles. The summed E-state index contributed by atoms with van der Waals surface area (Å²) < 4.78 is 0. The van der Waals surface area contributed by atoms with Crippen molar-refractivity contribution in [2.45, 2.75) is 13.0 Å². The molecule has 1 amide bonds. The van der Waals surface area contributed by atoms with Crippen LogP contribution in [0.2, 0.25) is 0 Å². The molecule has 5 nitrogen and oxygen atoms in total. The molecule has 0 saturated carbocycles. The van der Waals surface area contributed by atoms with Crippen LogP contribution in [-0.4, -0.2) is 17.5 Å². The Morgan fingerprint density at radius 2 is 1.45 bits per heavy atom. The van der Waals surface area contributed by atoms with Gasteiger partial charge in [0.05, 0.1) is 4.88 Å². The van der Waals surface area contributed by atoms with Crippen LogP contribution in [0, 0.1) is 0 Å².